The van der Waals surface area contributed by atoms with E-state index in [1.165, 1.54) is 6.07 Å². The Balaban J connectivity index is 2.36. The summed E-state index contributed by atoms with van der Waals surface area (Å²) in [6.07, 6.45) is 1.81. The van der Waals surface area contributed by atoms with Gasteiger partial charge in [-0.25, -0.2) is 4.98 Å². The lowest BCUT2D eigenvalue weighted by Crippen LogP contribution is -1.93. The van der Waals surface area contributed by atoms with E-state index in [0.29, 0.717) is 16.9 Å². The quantitative estimate of drug-likeness (QED) is 0.572. The lowest BCUT2D eigenvalue weighted by molar-refractivity contribution is -0.384. The van der Waals surface area contributed by atoms with Crippen molar-refractivity contribution in [1.82, 2.24) is 9.38 Å². The SMILES string of the molecule is Cc1nc(-c2ccccc2[N+](=O)[O-])c2cc(N)ccn12. The van der Waals surface area contributed by atoms with Crippen LogP contribution in [0.5, 0.6) is 0 Å². The van der Waals surface area contributed by atoms with Crippen LogP contribution in [0.4, 0.5) is 11.4 Å². The van der Waals surface area contributed by atoms with E-state index in [4.69, 9.17) is 5.73 Å². The number of pyridine rings is 1. The van der Waals surface area contributed by atoms with Crippen LogP contribution >= 0.6 is 0 Å². The molecule has 0 atom stereocenters. The van der Waals surface area contributed by atoms with Gasteiger partial charge in [0.1, 0.15) is 11.5 Å². The van der Waals surface area contributed by atoms with Crippen LogP contribution in [0.2, 0.25) is 0 Å². The molecule has 0 aliphatic heterocycles. The van der Waals surface area contributed by atoms with Crippen molar-refractivity contribution >= 4 is 16.9 Å². The van der Waals surface area contributed by atoms with Crippen LogP contribution in [0.25, 0.3) is 16.8 Å². The van der Waals surface area contributed by atoms with Crippen LogP contribution in [0, 0.1) is 17.0 Å². The number of nitro groups is 1. The van der Waals surface area contributed by atoms with Gasteiger partial charge in [0, 0.05) is 18.0 Å². The number of anilines is 1. The van der Waals surface area contributed by atoms with Crippen LogP contribution in [-0.4, -0.2) is 14.3 Å². The summed E-state index contributed by atoms with van der Waals surface area (Å²) in [5, 5.41) is 11.2. The number of imidazole rings is 1. The third-order valence-electron chi connectivity index (χ3n) is 3.20. The molecule has 2 heterocycles. The van der Waals surface area contributed by atoms with Gasteiger partial charge in [0.05, 0.1) is 16.0 Å². The van der Waals surface area contributed by atoms with E-state index in [1.54, 1.807) is 30.3 Å². The van der Waals surface area contributed by atoms with Crippen molar-refractivity contribution < 1.29 is 4.92 Å². The molecule has 0 saturated heterocycles. The molecule has 0 saturated carbocycles. The Morgan fingerprint density at radius 2 is 2.05 bits per heavy atom. The van der Waals surface area contributed by atoms with Crippen molar-refractivity contribution in [3.63, 3.8) is 0 Å². The van der Waals surface area contributed by atoms with Crippen molar-refractivity contribution in [3.8, 4) is 11.3 Å². The summed E-state index contributed by atoms with van der Waals surface area (Å²) in [5.74, 6) is 0.758. The highest BCUT2D eigenvalue weighted by Crippen LogP contribution is 2.32. The molecule has 100 valence electrons. The molecule has 2 N–H and O–H groups in total. The number of aromatic nitrogens is 2. The molecule has 3 aromatic rings. The third-order valence-corrected chi connectivity index (χ3v) is 3.20. The van der Waals surface area contributed by atoms with E-state index in [2.05, 4.69) is 4.98 Å². The molecule has 20 heavy (non-hydrogen) atoms. The third kappa shape index (κ3) is 1.78. The molecular weight excluding hydrogens is 256 g/mol. The Morgan fingerprint density at radius 1 is 1.30 bits per heavy atom. The Kier molecular flexibility index (Phi) is 2.64. The fourth-order valence-electron chi connectivity index (χ4n) is 2.29. The molecule has 0 unspecified atom stereocenters. The van der Waals surface area contributed by atoms with E-state index in [0.717, 1.165) is 11.3 Å². The van der Waals surface area contributed by atoms with Gasteiger partial charge in [-0.05, 0) is 25.1 Å². The zero-order valence-electron chi connectivity index (χ0n) is 10.8. The number of nitrogen functional groups attached to an aromatic ring is 1. The maximum atomic E-state index is 11.2. The van der Waals surface area contributed by atoms with Crippen LogP contribution in [0.15, 0.2) is 42.6 Å². The number of para-hydroxylation sites is 1. The van der Waals surface area contributed by atoms with Crippen molar-refractivity contribution in [2.75, 3.05) is 5.73 Å². The maximum absolute atomic E-state index is 11.2. The number of rotatable bonds is 2. The Hall–Kier alpha value is -2.89. The predicted octanol–water partition coefficient (Wildman–Crippen LogP) is 2.80. The predicted molar refractivity (Wildman–Crippen MR) is 76.4 cm³/mol. The molecule has 3 rings (SSSR count). The molecular formula is C14H12N4O2. The van der Waals surface area contributed by atoms with Gasteiger partial charge in [-0.1, -0.05) is 12.1 Å². The summed E-state index contributed by atoms with van der Waals surface area (Å²) in [7, 11) is 0. The largest absolute Gasteiger partial charge is 0.399 e. The number of hydrogen-bond acceptors (Lipinski definition) is 4. The lowest BCUT2D eigenvalue weighted by Gasteiger charge is -2.01. The summed E-state index contributed by atoms with van der Waals surface area (Å²) < 4.78 is 1.86. The topological polar surface area (TPSA) is 86.5 Å². The molecule has 0 aliphatic rings. The number of nitro benzene ring substituents is 1. The summed E-state index contributed by atoms with van der Waals surface area (Å²) in [5.41, 5.74) is 8.26. The monoisotopic (exact) mass is 268 g/mol. The highest BCUT2D eigenvalue weighted by Gasteiger charge is 2.19. The van der Waals surface area contributed by atoms with Gasteiger partial charge in [0.2, 0.25) is 0 Å². The van der Waals surface area contributed by atoms with Gasteiger partial charge in [-0.3, -0.25) is 10.1 Å². The minimum Gasteiger partial charge on any atom is -0.399 e. The first-order valence-corrected chi connectivity index (χ1v) is 6.06. The standard InChI is InChI=1S/C14H12N4O2/c1-9-16-14(13-8-10(15)6-7-17(9)13)11-4-2-3-5-12(11)18(19)20/h2-8H,15H2,1H3. The smallest absolute Gasteiger partial charge is 0.278 e. The van der Waals surface area contributed by atoms with E-state index in [9.17, 15) is 10.1 Å². The zero-order valence-corrected chi connectivity index (χ0v) is 10.8. The molecule has 0 spiro atoms. The van der Waals surface area contributed by atoms with E-state index in [-0.39, 0.29) is 5.69 Å². The number of nitrogens with two attached hydrogens (primary N) is 1. The van der Waals surface area contributed by atoms with Crippen LogP contribution < -0.4 is 5.73 Å². The minimum atomic E-state index is -0.401. The second-order valence-corrected chi connectivity index (χ2v) is 4.50. The number of hydrogen-bond donors (Lipinski definition) is 1. The van der Waals surface area contributed by atoms with E-state index >= 15 is 0 Å². The van der Waals surface area contributed by atoms with Crippen molar-refractivity contribution in [1.29, 1.82) is 0 Å². The molecule has 0 aliphatic carbocycles. The second kappa shape index (κ2) is 4.34. The molecule has 0 fully saturated rings. The van der Waals surface area contributed by atoms with Gasteiger partial charge < -0.3 is 10.1 Å². The first-order chi connectivity index (χ1) is 9.58. The minimum absolute atomic E-state index is 0.0370. The highest BCUT2D eigenvalue weighted by molar-refractivity contribution is 5.84. The molecule has 6 nitrogen and oxygen atoms in total. The molecule has 0 bridgehead atoms. The number of fused-ring (bicyclic) bond motifs is 1. The Morgan fingerprint density at radius 3 is 2.80 bits per heavy atom. The van der Waals surface area contributed by atoms with E-state index < -0.39 is 4.92 Å². The fourth-order valence-corrected chi connectivity index (χ4v) is 2.29. The van der Waals surface area contributed by atoms with Gasteiger partial charge in [0.15, 0.2) is 0 Å². The first-order valence-electron chi connectivity index (χ1n) is 6.06. The maximum Gasteiger partial charge on any atom is 0.278 e. The van der Waals surface area contributed by atoms with Crippen LogP contribution in [0.1, 0.15) is 5.82 Å². The van der Waals surface area contributed by atoms with Crippen molar-refractivity contribution in [3.05, 3.63) is 58.5 Å². The van der Waals surface area contributed by atoms with Crippen molar-refractivity contribution in [2.24, 2.45) is 0 Å². The second-order valence-electron chi connectivity index (χ2n) is 4.50. The average Bonchev–Trinajstić information content (AvgIpc) is 2.75. The fraction of sp³-hybridized carbons (Fsp3) is 0.0714. The molecule has 1 aromatic carbocycles. The van der Waals surface area contributed by atoms with Crippen molar-refractivity contribution in [2.45, 2.75) is 6.92 Å². The zero-order chi connectivity index (χ0) is 14.3. The Labute approximate surface area is 114 Å². The normalized spacial score (nSPS) is 10.8. The number of benzene rings is 1. The number of aryl methyl sites for hydroxylation is 1. The summed E-state index contributed by atoms with van der Waals surface area (Å²) in [4.78, 5) is 15.2. The van der Waals surface area contributed by atoms with Gasteiger partial charge >= 0.3 is 0 Å². The first kappa shape index (κ1) is 12.2. The van der Waals surface area contributed by atoms with Crippen LogP contribution in [-0.2, 0) is 0 Å². The summed E-state index contributed by atoms with van der Waals surface area (Å²) >= 11 is 0. The molecule has 0 radical (unpaired) electrons. The lowest BCUT2D eigenvalue weighted by atomic mass is 10.1. The van der Waals surface area contributed by atoms with E-state index in [1.807, 2.05) is 17.5 Å². The van der Waals surface area contributed by atoms with Gasteiger partial charge in [-0.15, -0.1) is 0 Å². The molecule has 0 amide bonds. The number of nitrogens with zero attached hydrogens (tertiary/aromatic N) is 3. The Bertz CT molecular complexity index is 823. The summed E-state index contributed by atoms with van der Waals surface area (Å²) in [6.45, 7) is 1.85. The highest BCUT2D eigenvalue weighted by atomic mass is 16.6. The summed E-state index contributed by atoms with van der Waals surface area (Å²) in [6, 6.07) is 10.1. The van der Waals surface area contributed by atoms with Crippen LogP contribution in [0.3, 0.4) is 0 Å². The van der Waals surface area contributed by atoms with Gasteiger partial charge in [-0.2, -0.15) is 0 Å². The molecule has 2 aromatic heterocycles. The molecule has 6 heteroatoms. The van der Waals surface area contributed by atoms with Gasteiger partial charge in [0.25, 0.3) is 5.69 Å². The average molecular weight is 268 g/mol.